The molecule has 106 valence electrons. The number of nitrogens with zero attached hydrogens (tertiary/aromatic N) is 3. The van der Waals surface area contributed by atoms with E-state index in [1.54, 1.807) is 0 Å². The van der Waals surface area contributed by atoms with Crippen LogP contribution in [0.15, 0.2) is 12.4 Å². The van der Waals surface area contributed by atoms with E-state index in [0.29, 0.717) is 12.6 Å². The monoisotopic (exact) mass is 264 g/mol. The molecule has 1 aliphatic carbocycles. The Bertz CT molecular complexity index is 395. The first-order valence-corrected chi connectivity index (χ1v) is 6.93. The molecule has 0 bridgehead atoms. The number of aromatic nitrogens is 2. The predicted molar refractivity (Wildman–Crippen MR) is 76.1 cm³/mol. The van der Waals surface area contributed by atoms with Crippen LogP contribution in [0.25, 0.3) is 0 Å². The quantitative estimate of drug-likeness (QED) is 0.811. The summed E-state index contributed by atoms with van der Waals surface area (Å²) in [5.74, 6) is 0.732. The van der Waals surface area contributed by atoms with E-state index >= 15 is 0 Å². The van der Waals surface area contributed by atoms with Gasteiger partial charge in [-0.15, -0.1) is 0 Å². The lowest BCUT2D eigenvalue weighted by Crippen LogP contribution is -2.35. The number of nitrogens with one attached hydrogen (secondary N) is 1. The van der Waals surface area contributed by atoms with Gasteiger partial charge in [-0.2, -0.15) is 0 Å². The van der Waals surface area contributed by atoms with Crippen molar-refractivity contribution >= 4 is 5.95 Å². The van der Waals surface area contributed by atoms with Gasteiger partial charge in [-0.3, -0.25) is 0 Å². The fraction of sp³-hybridized carbons (Fsp3) is 0.714. The molecule has 2 N–H and O–H groups in total. The van der Waals surface area contributed by atoms with Crippen molar-refractivity contribution in [2.24, 2.45) is 0 Å². The van der Waals surface area contributed by atoms with Crippen LogP contribution in [0.2, 0.25) is 0 Å². The Hall–Kier alpha value is -1.20. The smallest absolute Gasteiger partial charge is 0.225 e. The second kappa shape index (κ2) is 5.84. The summed E-state index contributed by atoms with van der Waals surface area (Å²) in [4.78, 5) is 10.9. The molecule has 0 saturated heterocycles. The summed E-state index contributed by atoms with van der Waals surface area (Å²) in [7, 11) is 0. The lowest BCUT2D eigenvalue weighted by atomic mass is 10.1. The summed E-state index contributed by atoms with van der Waals surface area (Å²) >= 11 is 0. The van der Waals surface area contributed by atoms with Gasteiger partial charge in [0, 0.05) is 42.6 Å². The van der Waals surface area contributed by atoms with E-state index in [1.807, 2.05) is 12.4 Å². The zero-order valence-electron chi connectivity index (χ0n) is 12.1. The van der Waals surface area contributed by atoms with Gasteiger partial charge in [0.25, 0.3) is 0 Å². The third kappa shape index (κ3) is 4.44. The molecule has 5 heteroatoms. The van der Waals surface area contributed by atoms with Crippen molar-refractivity contribution < 1.29 is 5.11 Å². The van der Waals surface area contributed by atoms with Gasteiger partial charge in [0.2, 0.25) is 5.95 Å². The summed E-state index contributed by atoms with van der Waals surface area (Å²) in [5, 5.41) is 12.5. The molecule has 1 aliphatic rings. The van der Waals surface area contributed by atoms with Crippen molar-refractivity contribution in [1.82, 2.24) is 15.3 Å². The molecule has 19 heavy (non-hydrogen) atoms. The Labute approximate surface area is 115 Å². The maximum atomic E-state index is 9.10. The van der Waals surface area contributed by atoms with Crippen LogP contribution in [-0.2, 0) is 6.54 Å². The van der Waals surface area contributed by atoms with E-state index < -0.39 is 0 Å². The molecule has 0 spiro atoms. The van der Waals surface area contributed by atoms with Crippen LogP contribution in [0.4, 0.5) is 5.95 Å². The summed E-state index contributed by atoms with van der Waals surface area (Å²) in [6, 6.07) is 0.519. The fourth-order valence-corrected chi connectivity index (χ4v) is 1.89. The maximum Gasteiger partial charge on any atom is 0.225 e. The number of hydrogen-bond donors (Lipinski definition) is 2. The molecule has 2 rings (SSSR count). The lowest BCUT2D eigenvalue weighted by molar-refractivity contribution is 0.300. The maximum absolute atomic E-state index is 9.10. The highest BCUT2D eigenvalue weighted by atomic mass is 16.3. The molecule has 1 heterocycles. The van der Waals surface area contributed by atoms with Crippen molar-refractivity contribution in [3.05, 3.63) is 18.0 Å². The van der Waals surface area contributed by atoms with E-state index in [4.69, 9.17) is 5.11 Å². The fourth-order valence-electron chi connectivity index (χ4n) is 1.89. The molecule has 0 atom stereocenters. The Morgan fingerprint density at radius 1 is 1.32 bits per heavy atom. The van der Waals surface area contributed by atoms with Crippen LogP contribution in [-0.4, -0.2) is 39.8 Å². The number of aliphatic hydroxyl groups excluding tert-OH is 1. The normalized spacial score (nSPS) is 15.6. The molecular weight excluding hydrogens is 240 g/mol. The molecular formula is C14H24N4O. The highest BCUT2D eigenvalue weighted by Gasteiger charge is 2.30. The number of hydrogen-bond acceptors (Lipinski definition) is 5. The minimum Gasteiger partial charge on any atom is -0.395 e. The molecule has 5 nitrogen and oxygen atoms in total. The standard InChI is InChI=1S/C14H24N4O/c1-14(2,3)17-10-11-8-15-13(16-9-11)18(6-7-19)12-4-5-12/h8-9,12,17,19H,4-7,10H2,1-3H3. The van der Waals surface area contributed by atoms with Crippen molar-refractivity contribution in [1.29, 1.82) is 0 Å². The highest BCUT2D eigenvalue weighted by Crippen LogP contribution is 2.29. The number of aliphatic hydroxyl groups is 1. The van der Waals surface area contributed by atoms with Crippen molar-refractivity contribution in [3.8, 4) is 0 Å². The highest BCUT2D eigenvalue weighted by molar-refractivity contribution is 5.34. The van der Waals surface area contributed by atoms with Gasteiger partial charge in [0.05, 0.1) is 6.61 Å². The molecule has 1 aromatic rings. The van der Waals surface area contributed by atoms with Gasteiger partial charge in [0.15, 0.2) is 0 Å². The van der Waals surface area contributed by atoms with Crippen LogP contribution in [0.1, 0.15) is 39.2 Å². The third-order valence-electron chi connectivity index (χ3n) is 3.10. The lowest BCUT2D eigenvalue weighted by Gasteiger charge is -2.22. The van der Waals surface area contributed by atoms with E-state index in [2.05, 4.69) is 41.0 Å². The topological polar surface area (TPSA) is 61.3 Å². The van der Waals surface area contributed by atoms with Gasteiger partial charge in [-0.25, -0.2) is 9.97 Å². The Morgan fingerprint density at radius 3 is 2.42 bits per heavy atom. The largest absolute Gasteiger partial charge is 0.395 e. The van der Waals surface area contributed by atoms with Crippen LogP contribution < -0.4 is 10.2 Å². The summed E-state index contributed by atoms with van der Waals surface area (Å²) < 4.78 is 0. The average molecular weight is 264 g/mol. The number of rotatable bonds is 6. The van der Waals surface area contributed by atoms with Gasteiger partial charge in [-0.05, 0) is 33.6 Å². The van der Waals surface area contributed by atoms with E-state index in [9.17, 15) is 0 Å². The second-order valence-electron chi connectivity index (χ2n) is 6.14. The van der Waals surface area contributed by atoms with Gasteiger partial charge < -0.3 is 15.3 Å². The third-order valence-corrected chi connectivity index (χ3v) is 3.10. The number of anilines is 1. The zero-order chi connectivity index (χ0) is 13.9. The van der Waals surface area contributed by atoms with E-state index in [1.165, 1.54) is 12.8 Å². The van der Waals surface area contributed by atoms with Crippen molar-refractivity contribution in [2.45, 2.75) is 51.7 Å². The zero-order valence-corrected chi connectivity index (χ0v) is 12.1. The molecule has 1 aromatic heterocycles. The van der Waals surface area contributed by atoms with Crippen molar-refractivity contribution in [2.75, 3.05) is 18.1 Å². The summed E-state index contributed by atoms with van der Waals surface area (Å²) in [6.07, 6.45) is 6.09. The van der Waals surface area contributed by atoms with Crippen LogP contribution in [0.5, 0.6) is 0 Å². The first-order chi connectivity index (χ1) is 8.99. The molecule has 1 fully saturated rings. The predicted octanol–water partition coefficient (Wildman–Crippen LogP) is 1.33. The SMILES string of the molecule is CC(C)(C)NCc1cnc(N(CCO)C2CC2)nc1. The minimum atomic E-state index is 0.0929. The molecule has 0 radical (unpaired) electrons. The van der Waals surface area contributed by atoms with E-state index in [-0.39, 0.29) is 12.1 Å². The molecule has 0 aromatic carbocycles. The summed E-state index contributed by atoms with van der Waals surface area (Å²) in [5.41, 5.74) is 1.17. The Kier molecular flexibility index (Phi) is 4.37. The first-order valence-electron chi connectivity index (χ1n) is 6.93. The van der Waals surface area contributed by atoms with Gasteiger partial charge >= 0.3 is 0 Å². The van der Waals surface area contributed by atoms with Gasteiger partial charge in [-0.1, -0.05) is 0 Å². The Balaban J connectivity index is 1.96. The molecule has 0 amide bonds. The van der Waals surface area contributed by atoms with Crippen LogP contribution >= 0.6 is 0 Å². The molecule has 0 unspecified atom stereocenters. The summed E-state index contributed by atoms with van der Waals surface area (Å²) in [6.45, 7) is 7.94. The first kappa shape index (κ1) is 14.2. The second-order valence-corrected chi connectivity index (χ2v) is 6.14. The van der Waals surface area contributed by atoms with Crippen LogP contribution in [0, 0.1) is 0 Å². The van der Waals surface area contributed by atoms with E-state index in [0.717, 1.165) is 18.1 Å². The Morgan fingerprint density at radius 2 is 1.95 bits per heavy atom. The molecule has 1 saturated carbocycles. The minimum absolute atomic E-state index is 0.0929. The molecule has 0 aliphatic heterocycles. The van der Waals surface area contributed by atoms with Gasteiger partial charge in [0.1, 0.15) is 0 Å². The average Bonchev–Trinajstić information content (AvgIpc) is 3.18. The van der Waals surface area contributed by atoms with Crippen LogP contribution in [0.3, 0.4) is 0 Å². The van der Waals surface area contributed by atoms with Crippen molar-refractivity contribution in [3.63, 3.8) is 0 Å².